The van der Waals surface area contributed by atoms with Gasteiger partial charge >= 0.3 is 0 Å². The fourth-order valence-corrected chi connectivity index (χ4v) is 3.15. The molecule has 2 aliphatic heterocycles. The maximum atomic E-state index is 12.7. The van der Waals surface area contributed by atoms with Gasteiger partial charge in [-0.05, 0) is 19.1 Å². The number of carbonyl (C=O) groups excluding carboxylic acids is 3. The largest absolute Gasteiger partial charge is 0.482 e. The molecule has 11 nitrogen and oxygen atoms in total. The van der Waals surface area contributed by atoms with E-state index in [-0.39, 0.29) is 47.6 Å². The topological polar surface area (TPSA) is 137 Å². The average Bonchev–Trinajstić information content (AvgIpc) is 3.16. The van der Waals surface area contributed by atoms with Crippen molar-refractivity contribution in [1.82, 2.24) is 0 Å². The zero-order valence-corrected chi connectivity index (χ0v) is 15.7. The van der Waals surface area contributed by atoms with Crippen molar-refractivity contribution in [3.05, 3.63) is 46.0 Å². The molecule has 11 heteroatoms. The summed E-state index contributed by atoms with van der Waals surface area (Å²) in [6.07, 6.45) is 0. The van der Waals surface area contributed by atoms with Crippen molar-refractivity contribution in [2.75, 3.05) is 30.2 Å². The van der Waals surface area contributed by atoms with Crippen LogP contribution < -0.4 is 24.4 Å². The number of nitrogens with one attached hydrogen (secondary N) is 1. The SMILES string of the molecule is CC(=O)c1cc2c(cc1NC(=O)CN1C(=O)COc3ccc([N+](=O)[O-])cc31)OCO2. The Labute approximate surface area is 169 Å². The van der Waals surface area contributed by atoms with E-state index in [1.165, 1.54) is 37.3 Å². The molecule has 2 heterocycles. The van der Waals surface area contributed by atoms with Gasteiger partial charge in [0.2, 0.25) is 12.7 Å². The minimum absolute atomic E-state index is 0.00191. The van der Waals surface area contributed by atoms with E-state index in [0.717, 1.165) is 4.90 Å². The number of fused-ring (bicyclic) bond motifs is 2. The number of hydrogen-bond acceptors (Lipinski definition) is 8. The summed E-state index contributed by atoms with van der Waals surface area (Å²) in [5.74, 6) is -0.422. The van der Waals surface area contributed by atoms with Crippen molar-refractivity contribution in [2.24, 2.45) is 0 Å². The number of Topliss-reactive ketones (excluding diaryl/α,β-unsaturated/α-hetero) is 1. The molecule has 0 unspecified atom stereocenters. The maximum absolute atomic E-state index is 12.7. The van der Waals surface area contributed by atoms with E-state index in [1.54, 1.807) is 0 Å². The summed E-state index contributed by atoms with van der Waals surface area (Å²) in [6, 6.07) is 6.73. The van der Waals surface area contributed by atoms with Crippen LogP contribution in [0, 0.1) is 10.1 Å². The van der Waals surface area contributed by atoms with Crippen LogP contribution in [0.5, 0.6) is 17.2 Å². The molecule has 154 valence electrons. The number of ether oxygens (including phenoxy) is 3. The standard InChI is InChI=1S/C19H15N3O8/c1-10(23)12-5-16-17(30-9-29-16)6-13(12)20-18(24)7-21-14-4-11(22(26)27)2-3-15(14)28-8-19(21)25/h2-6H,7-9H2,1H3,(H,20,24). The van der Waals surface area contributed by atoms with Crippen molar-refractivity contribution in [3.8, 4) is 17.2 Å². The molecule has 0 bridgehead atoms. The van der Waals surface area contributed by atoms with Crippen molar-refractivity contribution in [1.29, 1.82) is 0 Å². The summed E-state index contributed by atoms with van der Waals surface area (Å²) >= 11 is 0. The van der Waals surface area contributed by atoms with Crippen LogP contribution in [0.1, 0.15) is 17.3 Å². The van der Waals surface area contributed by atoms with Gasteiger partial charge in [-0.25, -0.2) is 0 Å². The molecular weight excluding hydrogens is 398 g/mol. The van der Waals surface area contributed by atoms with E-state index in [9.17, 15) is 24.5 Å². The van der Waals surface area contributed by atoms with Gasteiger partial charge in [-0.2, -0.15) is 0 Å². The van der Waals surface area contributed by atoms with Gasteiger partial charge < -0.3 is 19.5 Å². The summed E-state index contributed by atoms with van der Waals surface area (Å²) in [7, 11) is 0. The molecule has 0 saturated carbocycles. The molecule has 0 aliphatic carbocycles. The Kier molecular flexibility index (Phi) is 4.70. The molecule has 30 heavy (non-hydrogen) atoms. The summed E-state index contributed by atoms with van der Waals surface area (Å²) in [4.78, 5) is 48.5. The highest BCUT2D eigenvalue weighted by atomic mass is 16.7. The van der Waals surface area contributed by atoms with E-state index >= 15 is 0 Å². The predicted molar refractivity (Wildman–Crippen MR) is 102 cm³/mol. The second-order valence-electron chi connectivity index (χ2n) is 6.53. The van der Waals surface area contributed by atoms with Crippen LogP contribution in [0.25, 0.3) is 0 Å². The van der Waals surface area contributed by atoms with Crippen LogP contribution in [0.2, 0.25) is 0 Å². The molecule has 0 fully saturated rings. The lowest BCUT2D eigenvalue weighted by Gasteiger charge is -2.28. The van der Waals surface area contributed by atoms with Crippen LogP contribution in [-0.2, 0) is 9.59 Å². The van der Waals surface area contributed by atoms with Gasteiger partial charge in [0.15, 0.2) is 23.9 Å². The predicted octanol–water partition coefficient (Wildman–Crippen LogP) is 1.89. The second-order valence-corrected chi connectivity index (χ2v) is 6.53. The molecule has 0 atom stereocenters. The molecule has 0 spiro atoms. The number of anilines is 2. The highest BCUT2D eigenvalue weighted by molar-refractivity contribution is 6.08. The number of carbonyl (C=O) groups is 3. The fourth-order valence-electron chi connectivity index (χ4n) is 3.15. The number of nitro groups is 1. The lowest BCUT2D eigenvalue weighted by atomic mass is 10.1. The Morgan fingerprint density at radius 2 is 1.87 bits per heavy atom. The third kappa shape index (κ3) is 3.48. The average molecular weight is 413 g/mol. The molecule has 1 N–H and O–H groups in total. The van der Waals surface area contributed by atoms with Gasteiger partial charge in [0.1, 0.15) is 12.3 Å². The molecule has 2 aromatic carbocycles. The molecule has 2 amide bonds. The van der Waals surface area contributed by atoms with Crippen LogP contribution in [-0.4, -0.2) is 42.5 Å². The van der Waals surface area contributed by atoms with Crippen LogP contribution >= 0.6 is 0 Å². The Bertz CT molecular complexity index is 1100. The highest BCUT2D eigenvalue weighted by Crippen LogP contribution is 2.38. The third-order valence-electron chi connectivity index (χ3n) is 4.56. The number of nitro benzene ring substituents is 1. The number of non-ortho nitro benzene ring substituents is 1. The van der Waals surface area contributed by atoms with E-state index in [0.29, 0.717) is 11.5 Å². The number of amides is 2. The number of benzene rings is 2. The maximum Gasteiger partial charge on any atom is 0.271 e. The number of hydrogen-bond donors (Lipinski definition) is 1. The molecule has 2 aromatic rings. The summed E-state index contributed by atoms with van der Waals surface area (Å²) < 4.78 is 15.8. The number of nitrogens with zero attached hydrogens (tertiary/aromatic N) is 2. The first kappa shape index (κ1) is 19.2. The fraction of sp³-hybridized carbons (Fsp3) is 0.211. The lowest BCUT2D eigenvalue weighted by molar-refractivity contribution is -0.384. The monoisotopic (exact) mass is 413 g/mol. The van der Waals surface area contributed by atoms with E-state index in [4.69, 9.17) is 14.2 Å². The van der Waals surface area contributed by atoms with Crippen LogP contribution in [0.15, 0.2) is 30.3 Å². The molecular formula is C19H15N3O8. The van der Waals surface area contributed by atoms with Gasteiger partial charge in [-0.3, -0.25) is 29.4 Å². The lowest BCUT2D eigenvalue weighted by Crippen LogP contribution is -2.43. The number of rotatable bonds is 5. The number of ketones is 1. The van der Waals surface area contributed by atoms with E-state index < -0.39 is 23.3 Å². The summed E-state index contributed by atoms with van der Waals surface area (Å²) in [5, 5.41) is 13.7. The summed E-state index contributed by atoms with van der Waals surface area (Å²) in [5.41, 5.74) is 0.300. The third-order valence-corrected chi connectivity index (χ3v) is 4.56. The van der Waals surface area contributed by atoms with Crippen molar-refractivity contribution >= 4 is 34.7 Å². The van der Waals surface area contributed by atoms with E-state index in [1.807, 2.05) is 0 Å². The zero-order valence-electron chi connectivity index (χ0n) is 15.7. The van der Waals surface area contributed by atoms with Crippen molar-refractivity contribution < 1.29 is 33.5 Å². The second kappa shape index (κ2) is 7.35. The van der Waals surface area contributed by atoms with Gasteiger partial charge in [0.25, 0.3) is 11.6 Å². The van der Waals surface area contributed by atoms with Gasteiger partial charge in [0, 0.05) is 23.8 Å². The Morgan fingerprint density at radius 3 is 2.57 bits per heavy atom. The first-order chi connectivity index (χ1) is 14.3. The van der Waals surface area contributed by atoms with Crippen molar-refractivity contribution in [2.45, 2.75) is 6.92 Å². The minimum atomic E-state index is -0.608. The first-order valence-electron chi connectivity index (χ1n) is 8.79. The Balaban J connectivity index is 1.60. The van der Waals surface area contributed by atoms with Crippen molar-refractivity contribution in [3.63, 3.8) is 0 Å². The zero-order chi connectivity index (χ0) is 21.4. The van der Waals surface area contributed by atoms with Crippen LogP contribution in [0.4, 0.5) is 17.1 Å². The van der Waals surface area contributed by atoms with Gasteiger partial charge in [-0.15, -0.1) is 0 Å². The Morgan fingerprint density at radius 1 is 1.13 bits per heavy atom. The molecule has 0 aromatic heterocycles. The molecule has 4 rings (SSSR count). The normalized spacial score (nSPS) is 14.0. The molecule has 0 radical (unpaired) electrons. The van der Waals surface area contributed by atoms with Crippen LogP contribution in [0.3, 0.4) is 0 Å². The van der Waals surface area contributed by atoms with E-state index in [2.05, 4.69) is 5.32 Å². The van der Waals surface area contributed by atoms with Gasteiger partial charge in [0.05, 0.1) is 16.3 Å². The molecule has 2 aliphatic rings. The molecule has 0 saturated heterocycles. The van der Waals surface area contributed by atoms with Gasteiger partial charge in [-0.1, -0.05) is 0 Å². The minimum Gasteiger partial charge on any atom is -0.482 e. The highest BCUT2D eigenvalue weighted by Gasteiger charge is 2.30. The summed E-state index contributed by atoms with van der Waals surface area (Å²) in [6.45, 7) is 0.610. The smallest absolute Gasteiger partial charge is 0.271 e. The quantitative estimate of drug-likeness (QED) is 0.446. The first-order valence-corrected chi connectivity index (χ1v) is 8.79. The Hall–Kier alpha value is -4.15.